The zero-order valence-electron chi connectivity index (χ0n) is 22.3. The number of carbonyl (C=O) groups excluding carboxylic acids is 1. The number of fused-ring (bicyclic) bond motifs is 4. The third kappa shape index (κ3) is 4.22. The standard InChI is InChI=1S/C30H32N6O3/c1-35(2)17-25-19(18-8-12-38-13-9-18)4-6-27(34-25)33-24-5-3-20(22-15-31-30(37)28(22)24)23-16-32-36-11-7-26-21(29(23)36)10-14-39-26/h3-7,11,16,18H,8-10,12-15,17H2,1-2H3,(H,31,37)(H,33,34). The van der Waals surface area contributed by atoms with Crippen LogP contribution in [0, 0.1) is 0 Å². The van der Waals surface area contributed by atoms with E-state index in [-0.39, 0.29) is 5.91 Å². The minimum Gasteiger partial charge on any atom is -0.493 e. The third-order valence-corrected chi connectivity index (χ3v) is 8.01. The van der Waals surface area contributed by atoms with Gasteiger partial charge in [0.2, 0.25) is 0 Å². The molecule has 4 aromatic rings. The molecule has 3 aliphatic heterocycles. The minimum absolute atomic E-state index is 0.0771. The number of rotatable bonds is 6. The summed E-state index contributed by atoms with van der Waals surface area (Å²) in [6, 6.07) is 10.3. The average molecular weight is 525 g/mol. The molecule has 9 heteroatoms. The lowest BCUT2D eigenvalue weighted by Crippen LogP contribution is -2.19. The largest absolute Gasteiger partial charge is 0.493 e. The van der Waals surface area contributed by atoms with E-state index in [1.54, 1.807) is 0 Å². The minimum atomic E-state index is -0.0771. The second kappa shape index (κ2) is 9.66. The fourth-order valence-corrected chi connectivity index (χ4v) is 6.20. The zero-order chi connectivity index (χ0) is 26.5. The Kier molecular flexibility index (Phi) is 5.97. The molecule has 0 aliphatic carbocycles. The van der Waals surface area contributed by atoms with Crippen molar-refractivity contribution in [3.05, 3.63) is 70.7 Å². The van der Waals surface area contributed by atoms with Crippen LogP contribution in [0.4, 0.5) is 11.5 Å². The van der Waals surface area contributed by atoms with Crippen LogP contribution >= 0.6 is 0 Å². The fourth-order valence-electron chi connectivity index (χ4n) is 6.20. The summed E-state index contributed by atoms with van der Waals surface area (Å²) in [5, 5.41) is 11.1. The van der Waals surface area contributed by atoms with E-state index in [0.29, 0.717) is 24.6 Å². The molecule has 3 aromatic heterocycles. The van der Waals surface area contributed by atoms with Gasteiger partial charge in [0, 0.05) is 50.0 Å². The molecule has 39 heavy (non-hydrogen) atoms. The van der Waals surface area contributed by atoms with Gasteiger partial charge in [0.15, 0.2) is 0 Å². The Morgan fingerprint density at radius 2 is 1.95 bits per heavy atom. The molecule has 6 heterocycles. The number of carbonyl (C=O) groups is 1. The lowest BCUT2D eigenvalue weighted by atomic mass is 9.90. The van der Waals surface area contributed by atoms with Crippen molar-refractivity contribution in [1.82, 2.24) is 24.8 Å². The molecule has 1 amide bonds. The molecule has 0 saturated carbocycles. The van der Waals surface area contributed by atoms with Crippen molar-refractivity contribution in [2.24, 2.45) is 0 Å². The number of hydrogen-bond donors (Lipinski definition) is 2. The number of anilines is 2. The molecule has 0 radical (unpaired) electrons. The average Bonchev–Trinajstić information content (AvgIpc) is 3.68. The molecular formula is C30H32N6O3. The maximum atomic E-state index is 13.1. The Bertz CT molecular complexity index is 1590. The highest BCUT2D eigenvalue weighted by atomic mass is 16.5. The highest BCUT2D eigenvalue weighted by Crippen LogP contribution is 2.40. The predicted octanol–water partition coefficient (Wildman–Crippen LogP) is 4.27. The van der Waals surface area contributed by atoms with E-state index in [1.165, 1.54) is 11.1 Å². The maximum absolute atomic E-state index is 13.1. The maximum Gasteiger partial charge on any atom is 0.254 e. The van der Waals surface area contributed by atoms with Gasteiger partial charge in [0.05, 0.1) is 35.3 Å². The van der Waals surface area contributed by atoms with Crippen LogP contribution in [0.5, 0.6) is 5.75 Å². The second-order valence-corrected chi connectivity index (χ2v) is 10.8. The first-order valence-electron chi connectivity index (χ1n) is 13.6. The molecular weight excluding hydrogens is 492 g/mol. The smallest absolute Gasteiger partial charge is 0.254 e. The van der Waals surface area contributed by atoms with Crippen molar-refractivity contribution in [3.8, 4) is 16.9 Å². The van der Waals surface area contributed by atoms with E-state index in [0.717, 1.165) is 84.2 Å². The Morgan fingerprint density at radius 1 is 1.08 bits per heavy atom. The Labute approximate surface area is 227 Å². The Hall–Kier alpha value is -3.95. The van der Waals surface area contributed by atoms with E-state index in [2.05, 4.69) is 46.9 Å². The molecule has 0 bridgehead atoms. The summed E-state index contributed by atoms with van der Waals surface area (Å²) >= 11 is 0. The number of benzene rings is 1. The quantitative estimate of drug-likeness (QED) is 0.389. The molecule has 1 fully saturated rings. The van der Waals surface area contributed by atoms with Gasteiger partial charge in [-0.25, -0.2) is 9.50 Å². The topological polar surface area (TPSA) is 93.0 Å². The second-order valence-electron chi connectivity index (χ2n) is 10.8. The van der Waals surface area contributed by atoms with E-state index >= 15 is 0 Å². The van der Waals surface area contributed by atoms with Gasteiger partial charge in [-0.15, -0.1) is 0 Å². The summed E-state index contributed by atoms with van der Waals surface area (Å²) in [6.07, 6.45) is 6.71. The van der Waals surface area contributed by atoms with Crippen LogP contribution in [0.1, 0.15) is 51.5 Å². The van der Waals surface area contributed by atoms with Crippen molar-refractivity contribution >= 4 is 22.9 Å². The van der Waals surface area contributed by atoms with Gasteiger partial charge in [-0.2, -0.15) is 5.10 Å². The van der Waals surface area contributed by atoms with Crippen LogP contribution in [0.25, 0.3) is 16.6 Å². The van der Waals surface area contributed by atoms with Crippen LogP contribution in [0.3, 0.4) is 0 Å². The summed E-state index contributed by atoms with van der Waals surface area (Å²) in [7, 11) is 4.13. The van der Waals surface area contributed by atoms with Crippen molar-refractivity contribution in [2.75, 3.05) is 39.2 Å². The number of amides is 1. The van der Waals surface area contributed by atoms with Gasteiger partial charge in [0.25, 0.3) is 5.91 Å². The van der Waals surface area contributed by atoms with Gasteiger partial charge >= 0.3 is 0 Å². The van der Waals surface area contributed by atoms with Crippen LogP contribution < -0.4 is 15.4 Å². The van der Waals surface area contributed by atoms with Crippen molar-refractivity contribution in [3.63, 3.8) is 0 Å². The van der Waals surface area contributed by atoms with Crippen molar-refractivity contribution in [2.45, 2.75) is 38.3 Å². The lowest BCUT2D eigenvalue weighted by Gasteiger charge is -2.25. The molecule has 1 saturated heterocycles. The first-order chi connectivity index (χ1) is 19.1. The number of nitrogens with zero attached hydrogens (tertiary/aromatic N) is 4. The molecule has 0 atom stereocenters. The number of hydrogen-bond acceptors (Lipinski definition) is 7. The predicted molar refractivity (Wildman–Crippen MR) is 149 cm³/mol. The highest BCUT2D eigenvalue weighted by molar-refractivity contribution is 6.06. The highest BCUT2D eigenvalue weighted by Gasteiger charge is 2.29. The van der Waals surface area contributed by atoms with Gasteiger partial charge in [-0.05, 0) is 67.7 Å². The van der Waals surface area contributed by atoms with Crippen LogP contribution in [0.15, 0.2) is 42.7 Å². The van der Waals surface area contributed by atoms with Crippen molar-refractivity contribution in [1.29, 1.82) is 0 Å². The molecule has 9 nitrogen and oxygen atoms in total. The number of ether oxygens (including phenoxy) is 2. The monoisotopic (exact) mass is 524 g/mol. The third-order valence-electron chi connectivity index (χ3n) is 8.01. The fraction of sp³-hybridized carbons (Fsp3) is 0.367. The Balaban J connectivity index is 1.27. The normalized spacial score (nSPS) is 16.8. The summed E-state index contributed by atoms with van der Waals surface area (Å²) < 4.78 is 13.3. The molecule has 3 aliphatic rings. The number of nitrogens with one attached hydrogen (secondary N) is 2. The van der Waals surface area contributed by atoms with E-state index in [1.807, 2.05) is 35.1 Å². The van der Waals surface area contributed by atoms with Crippen LogP contribution in [0.2, 0.25) is 0 Å². The van der Waals surface area contributed by atoms with Crippen molar-refractivity contribution < 1.29 is 14.3 Å². The first-order valence-corrected chi connectivity index (χ1v) is 13.6. The van der Waals surface area contributed by atoms with Crippen LogP contribution in [-0.2, 0) is 24.2 Å². The number of pyridine rings is 2. The van der Waals surface area contributed by atoms with Gasteiger partial charge in [-0.1, -0.05) is 12.1 Å². The molecule has 200 valence electrons. The number of aromatic nitrogens is 3. The first kappa shape index (κ1) is 24.1. The summed E-state index contributed by atoms with van der Waals surface area (Å²) in [4.78, 5) is 20.3. The SMILES string of the molecule is CN(C)Cc1nc(Nc2ccc(-c3cnn4ccc5c(c34)CCO5)c3c2C(=O)NC3)ccc1C1CCOCC1. The van der Waals surface area contributed by atoms with Gasteiger partial charge in [0.1, 0.15) is 11.6 Å². The summed E-state index contributed by atoms with van der Waals surface area (Å²) in [6.45, 7) is 3.49. The molecule has 2 N–H and O–H groups in total. The van der Waals surface area contributed by atoms with Crippen LogP contribution in [-0.4, -0.2) is 59.3 Å². The lowest BCUT2D eigenvalue weighted by molar-refractivity contribution is 0.0849. The zero-order valence-corrected chi connectivity index (χ0v) is 22.3. The van der Waals surface area contributed by atoms with E-state index in [4.69, 9.17) is 14.5 Å². The van der Waals surface area contributed by atoms with E-state index < -0.39 is 0 Å². The summed E-state index contributed by atoms with van der Waals surface area (Å²) in [5.74, 6) is 2.04. The molecule has 1 aromatic carbocycles. The molecule has 0 spiro atoms. The van der Waals surface area contributed by atoms with Gasteiger partial charge < -0.3 is 25.0 Å². The Morgan fingerprint density at radius 3 is 2.79 bits per heavy atom. The summed E-state index contributed by atoms with van der Waals surface area (Å²) in [5.41, 5.74) is 9.01. The molecule has 7 rings (SSSR count). The molecule has 0 unspecified atom stereocenters. The van der Waals surface area contributed by atoms with E-state index in [9.17, 15) is 4.79 Å². The van der Waals surface area contributed by atoms with Gasteiger partial charge in [-0.3, -0.25) is 4.79 Å².